The van der Waals surface area contributed by atoms with Crippen molar-refractivity contribution in [3.05, 3.63) is 83.9 Å². The van der Waals surface area contributed by atoms with Gasteiger partial charge < -0.3 is 14.0 Å². The first-order valence-corrected chi connectivity index (χ1v) is 11.7. The SMILES string of the molecule is Clc1ccc(OCCSc2nnc3n(CCOc4ccccc4)c4ccccc4n23)cc1. The van der Waals surface area contributed by atoms with E-state index in [0.717, 1.165) is 39.2 Å². The Hall–Kier alpha value is -3.16. The molecule has 0 atom stereocenters. The summed E-state index contributed by atoms with van der Waals surface area (Å²) in [5.41, 5.74) is 2.18. The van der Waals surface area contributed by atoms with Crippen molar-refractivity contribution in [2.45, 2.75) is 11.7 Å². The van der Waals surface area contributed by atoms with E-state index >= 15 is 0 Å². The van der Waals surface area contributed by atoms with E-state index in [2.05, 4.69) is 31.3 Å². The van der Waals surface area contributed by atoms with Crippen molar-refractivity contribution >= 4 is 40.2 Å². The lowest BCUT2D eigenvalue weighted by Crippen LogP contribution is -2.08. The molecule has 0 saturated heterocycles. The van der Waals surface area contributed by atoms with E-state index in [1.807, 2.05) is 66.7 Å². The number of hydrogen-bond donors (Lipinski definition) is 0. The molecule has 8 heteroatoms. The number of halogens is 1. The third-order valence-electron chi connectivity index (χ3n) is 4.99. The van der Waals surface area contributed by atoms with Crippen LogP contribution in [-0.4, -0.2) is 38.1 Å². The molecule has 0 aliphatic carbocycles. The van der Waals surface area contributed by atoms with Gasteiger partial charge >= 0.3 is 0 Å². The molecule has 0 bridgehead atoms. The molecular weight excluding hydrogens is 444 g/mol. The van der Waals surface area contributed by atoms with Crippen LogP contribution in [0.5, 0.6) is 11.5 Å². The van der Waals surface area contributed by atoms with Gasteiger partial charge in [-0.2, -0.15) is 0 Å². The monoisotopic (exact) mass is 464 g/mol. The Bertz CT molecular complexity index is 1320. The third-order valence-corrected chi connectivity index (χ3v) is 6.14. The highest BCUT2D eigenvalue weighted by molar-refractivity contribution is 7.99. The van der Waals surface area contributed by atoms with Gasteiger partial charge in [-0.3, -0.25) is 4.40 Å². The zero-order chi connectivity index (χ0) is 21.8. The van der Waals surface area contributed by atoms with E-state index in [4.69, 9.17) is 21.1 Å². The Morgan fingerprint density at radius 3 is 2.25 bits per heavy atom. The van der Waals surface area contributed by atoms with Crippen molar-refractivity contribution in [3.8, 4) is 11.5 Å². The molecule has 6 nitrogen and oxygen atoms in total. The lowest BCUT2D eigenvalue weighted by Gasteiger charge is -2.07. The molecule has 0 spiro atoms. The van der Waals surface area contributed by atoms with Gasteiger partial charge in [-0.1, -0.05) is 53.7 Å². The summed E-state index contributed by atoms with van der Waals surface area (Å²) in [6, 6.07) is 25.5. The van der Waals surface area contributed by atoms with Crippen LogP contribution in [-0.2, 0) is 6.54 Å². The van der Waals surface area contributed by atoms with Gasteiger partial charge in [0.05, 0.1) is 24.2 Å². The molecule has 0 saturated carbocycles. The van der Waals surface area contributed by atoms with E-state index in [-0.39, 0.29) is 0 Å². The molecule has 5 aromatic rings. The first-order valence-electron chi connectivity index (χ1n) is 10.3. The van der Waals surface area contributed by atoms with Gasteiger partial charge in [-0.05, 0) is 48.5 Å². The fourth-order valence-corrected chi connectivity index (χ4v) is 4.43. The number of imidazole rings is 1. The van der Waals surface area contributed by atoms with E-state index in [1.54, 1.807) is 11.8 Å². The molecule has 0 aliphatic rings. The average molecular weight is 465 g/mol. The van der Waals surface area contributed by atoms with Gasteiger partial charge in [0.1, 0.15) is 18.1 Å². The van der Waals surface area contributed by atoms with E-state index in [0.29, 0.717) is 24.8 Å². The fraction of sp³-hybridized carbons (Fsp3) is 0.167. The molecule has 0 radical (unpaired) electrons. The van der Waals surface area contributed by atoms with Crippen molar-refractivity contribution in [2.75, 3.05) is 19.0 Å². The van der Waals surface area contributed by atoms with Crippen LogP contribution in [0.4, 0.5) is 0 Å². The highest BCUT2D eigenvalue weighted by Crippen LogP contribution is 2.26. The molecule has 2 heterocycles. The van der Waals surface area contributed by atoms with Crippen molar-refractivity contribution in [1.82, 2.24) is 19.2 Å². The number of nitrogens with zero attached hydrogens (tertiary/aromatic N) is 4. The summed E-state index contributed by atoms with van der Waals surface area (Å²) in [7, 11) is 0. The molecule has 0 unspecified atom stereocenters. The van der Waals surface area contributed by atoms with Gasteiger partial charge in [0, 0.05) is 10.8 Å². The maximum absolute atomic E-state index is 5.92. The number of hydrogen-bond acceptors (Lipinski definition) is 5. The quantitative estimate of drug-likeness (QED) is 0.210. The van der Waals surface area contributed by atoms with Crippen molar-refractivity contribution < 1.29 is 9.47 Å². The normalized spacial score (nSPS) is 11.3. The number of thioether (sulfide) groups is 1. The molecule has 162 valence electrons. The predicted molar refractivity (Wildman–Crippen MR) is 128 cm³/mol. The van der Waals surface area contributed by atoms with E-state index in [1.165, 1.54) is 0 Å². The second-order valence-electron chi connectivity index (χ2n) is 7.07. The molecule has 32 heavy (non-hydrogen) atoms. The van der Waals surface area contributed by atoms with Crippen LogP contribution in [0.25, 0.3) is 16.8 Å². The standard InChI is InChI=1S/C24H21ClN4O2S/c25-18-10-12-20(13-11-18)31-16-17-32-24-27-26-23-28(14-15-30-19-6-2-1-3-7-19)21-8-4-5-9-22(21)29(23)24/h1-13H,14-17H2. The van der Waals surface area contributed by atoms with Crippen LogP contribution in [0.15, 0.2) is 84.0 Å². The lowest BCUT2D eigenvalue weighted by atomic mass is 10.3. The zero-order valence-corrected chi connectivity index (χ0v) is 18.8. The summed E-state index contributed by atoms with van der Waals surface area (Å²) in [4.78, 5) is 0. The predicted octanol–water partition coefficient (Wildman–Crippen LogP) is 5.59. The van der Waals surface area contributed by atoms with Crippen LogP contribution in [0.2, 0.25) is 5.02 Å². The number of rotatable bonds is 9. The summed E-state index contributed by atoms with van der Waals surface area (Å²) < 4.78 is 16.0. The summed E-state index contributed by atoms with van der Waals surface area (Å²) in [5.74, 6) is 3.22. The Balaban J connectivity index is 1.30. The van der Waals surface area contributed by atoms with E-state index < -0.39 is 0 Å². The molecular formula is C24H21ClN4O2S. The molecule has 5 rings (SSSR count). The Morgan fingerprint density at radius 1 is 0.750 bits per heavy atom. The molecule has 0 N–H and O–H groups in total. The van der Waals surface area contributed by atoms with Gasteiger partial charge in [-0.15, -0.1) is 10.2 Å². The maximum atomic E-state index is 5.92. The molecule has 3 aromatic carbocycles. The van der Waals surface area contributed by atoms with E-state index in [9.17, 15) is 0 Å². The minimum atomic E-state index is 0.544. The Morgan fingerprint density at radius 2 is 1.44 bits per heavy atom. The number of fused-ring (bicyclic) bond motifs is 3. The van der Waals surface area contributed by atoms with Crippen molar-refractivity contribution in [2.24, 2.45) is 0 Å². The third kappa shape index (κ3) is 4.40. The van der Waals surface area contributed by atoms with Crippen LogP contribution in [0, 0.1) is 0 Å². The van der Waals surface area contributed by atoms with Gasteiger partial charge in [-0.25, -0.2) is 0 Å². The Kier molecular flexibility index (Phi) is 6.18. The topological polar surface area (TPSA) is 53.6 Å². The van der Waals surface area contributed by atoms with Crippen LogP contribution in [0.3, 0.4) is 0 Å². The number of para-hydroxylation sites is 3. The van der Waals surface area contributed by atoms with Crippen molar-refractivity contribution in [3.63, 3.8) is 0 Å². The van der Waals surface area contributed by atoms with Crippen LogP contribution in [0.1, 0.15) is 0 Å². The van der Waals surface area contributed by atoms with Gasteiger partial charge in [0.15, 0.2) is 5.16 Å². The zero-order valence-electron chi connectivity index (χ0n) is 17.2. The largest absolute Gasteiger partial charge is 0.493 e. The highest BCUT2D eigenvalue weighted by Gasteiger charge is 2.17. The summed E-state index contributed by atoms with van der Waals surface area (Å²) in [6.45, 7) is 1.78. The van der Waals surface area contributed by atoms with Gasteiger partial charge in [0.2, 0.25) is 5.78 Å². The van der Waals surface area contributed by atoms with Crippen LogP contribution >= 0.6 is 23.4 Å². The smallest absolute Gasteiger partial charge is 0.237 e. The van der Waals surface area contributed by atoms with Crippen LogP contribution < -0.4 is 9.47 Å². The number of aromatic nitrogens is 4. The summed E-state index contributed by atoms with van der Waals surface area (Å²) in [5, 5.41) is 10.4. The average Bonchev–Trinajstić information content (AvgIpc) is 3.38. The second kappa shape index (κ2) is 9.54. The summed E-state index contributed by atoms with van der Waals surface area (Å²) in [6.07, 6.45) is 0. The number of ether oxygens (including phenoxy) is 2. The molecule has 0 aliphatic heterocycles. The molecule has 0 amide bonds. The second-order valence-corrected chi connectivity index (χ2v) is 8.57. The minimum absolute atomic E-state index is 0.544. The molecule has 0 fully saturated rings. The van der Waals surface area contributed by atoms with Crippen molar-refractivity contribution in [1.29, 1.82) is 0 Å². The van der Waals surface area contributed by atoms with Gasteiger partial charge in [0.25, 0.3) is 0 Å². The first kappa shape index (κ1) is 20.7. The minimum Gasteiger partial charge on any atom is -0.493 e. The first-order chi connectivity index (χ1) is 15.8. The lowest BCUT2D eigenvalue weighted by molar-refractivity contribution is 0.301. The maximum Gasteiger partial charge on any atom is 0.237 e. The summed E-state index contributed by atoms with van der Waals surface area (Å²) >= 11 is 7.54. The Labute approximate surface area is 194 Å². The fourth-order valence-electron chi connectivity index (χ4n) is 3.55. The molecule has 2 aromatic heterocycles. The number of benzene rings is 3. The highest BCUT2D eigenvalue weighted by atomic mass is 35.5.